The van der Waals surface area contributed by atoms with Gasteiger partial charge in [0.1, 0.15) is 10.2 Å². The van der Waals surface area contributed by atoms with Crippen LogP contribution in [0, 0.1) is 11.6 Å². The second-order valence-electron chi connectivity index (χ2n) is 2.51. The van der Waals surface area contributed by atoms with E-state index in [9.17, 15) is 13.6 Å². The Morgan fingerprint density at radius 3 is 2.50 bits per heavy atom. The third-order valence-electron chi connectivity index (χ3n) is 1.66. The number of rotatable bonds is 2. The summed E-state index contributed by atoms with van der Waals surface area (Å²) >= 11 is 2.72. The topological polar surface area (TPSA) is 50.2 Å². The van der Waals surface area contributed by atoms with E-state index in [1.807, 2.05) is 0 Å². The standard InChI is InChI=1S/C8H6BrF2NO2/c1-2-3-5(10)4(8(13)14)6(11)7(9)12-3/h2H2,1H3,(H,13,14). The number of nitrogens with zero attached hydrogens (tertiary/aromatic N) is 1. The average Bonchev–Trinajstić information content (AvgIpc) is 2.11. The monoisotopic (exact) mass is 265 g/mol. The Morgan fingerprint density at radius 2 is 2.07 bits per heavy atom. The van der Waals surface area contributed by atoms with Crippen molar-refractivity contribution in [1.29, 1.82) is 0 Å². The first kappa shape index (κ1) is 11.0. The Morgan fingerprint density at radius 1 is 1.50 bits per heavy atom. The van der Waals surface area contributed by atoms with E-state index in [1.165, 1.54) is 0 Å². The molecule has 0 aliphatic carbocycles. The van der Waals surface area contributed by atoms with Gasteiger partial charge in [-0.2, -0.15) is 0 Å². The predicted molar refractivity (Wildman–Crippen MR) is 48.2 cm³/mol. The van der Waals surface area contributed by atoms with Crippen molar-refractivity contribution < 1.29 is 18.7 Å². The van der Waals surface area contributed by atoms with Crippen LogP contribution in [-0.2, 0) is 6.42 Å². The molecule has 0 radical (unpaired) electrons. The van der Waals surface area contributed by atoms with Gasteiger partial charge in [0.15, 0.2) is 11.6 Å². The Kier molecular flexibility index (Phi) is 3.15. The van der Waals surface area contributed by atoms with Gasteiger partial charge in [-0.1, -0.05) is 6.92 Å². The van der Waals surface area contributed by atoms with Gasteiger partial charge < -0.3 is 5.11 Å². The van der Waals surface area contributed by atoms with Crippen molar-refractivity contribution in [2.24, 2.45) is 0 Å². The molecule has 0 aliphatic rings. The summed E-state index contributed by atoms with van der Waals surface area (Å²) in [6.45, 7) is 1.60. The SMILES string of the molecule is CCc1nc(Br)c(F)c(C(=O)O)c1F. The van der Waals surface area contributed by atoms with E-state index >= 15 is 0 Å². The molecule has 0 amide bonds. The molecule has 0 atom stereocenters. The van der Waals surface area contributed by atoms with Crippen LogP contribution in [0.15, 0.2) is 4.60 Å². The Hall–Kier alpha value is -1.04. The number of carboxylic acid groups (broad SMARTS) is 1. The van der Waals surface area contributed by atoms with Crippen molar-refractivity contribution in [2.45, 2.75) is 13.3 Å². The van der Waals surface area contributed by atoms with E-state index in [4.69, 9.17) is 5.11 Å². The highest BCUT2D eigenvalue weighted by Crippen LogP contribution is 2.22. The molecule has 0 spiro atoms. The van der Waals surface area contributed by atoms with Crippen LogP contribution in [0.3, 0.4) is 0 Å². The van der Waals surface area contributed by atoms with Crippen molar-refractivity contribution in [3.8, 4) is 0 Å². The van der Waals surface area contributed by atoms with Crippen LogP contribution in [0.2, 0.25) is 0 Å². The van der Waals surface area contributed by atoms with E-state index in [0.717, 1.165) is 0 Å². The first-order valence-electron chi connectivity index (χ1n) is 3.75. The van der Waals surface area contributed by atoms with Gasteiger partial charge in [-0.3, -0.25) is 0 Å². The number of hydrogen-bond donors (Lipinski definition) is 1. The van der Waals surface area contributed by atoms with E-state index in [-0.39, 0.29) is 16.7 Å². The lowest BCUT2D eigenvalue weighted by Crippen LogP contribution is -2.10. The average molecular weight is 266 g/mol. The van der Waals surface area contributed by atoms with E-state index in [1.54, 1.807) is 6.92 Å². The second kappa shape index (κ2) is 4.00. The molecule has 1 rings (SSSR count). The summed E-state index contributed by atoms with van der Waals surface area (Å²) in [7, 11) is 0. The van der Waals surface area contributed by atoms with Gasteiger partial charge in [-0.15, -0.1) is 0 Å². The minimum atomic E-state index is -1.64. The molecule has 0 unspecified atom stereocenters. The quantitative estimate of drug-likeness (QED) is 0.836. The Bertz CT molecular complexity index is 395. The van der Waals surface area contributed by atoms with E-state index < -0.39 is 23.2 Å². The third kappa shape index (κ3) is 1.75. The number of hydrogen-bond acceptors (Lipinski definition) is 2. The summed E-state index contributed by atoms with van der Waals surface area (Å²) < 4.78 is 26.1. The lowest BCUT2D eigenvalue weighted by Gasteiger charge is -2.05. The molecule has 76 valence electrons. The van der Waals surface area contributed by atoms with Crippen LogP contribution < -0.4 is 0 Å². The fourth-order valence-corrected chi connectivity index (χ4v) is 1.39. The molecule has 0 fully saturated rings. The van der Waals surface area contributed by atoms with Crippen LogP contribution in [0.1, 0.15) is 23.0 Å². The predicted octanol–water partition coefficient (Wildman–Crippen LogP) is 2.38. The number of aryl methyl sites for hydroxylation is 1. The fraction of sp³-hybridized carbons (Fsp3) is 0.250. The minimum absolute atomic E-state index is 0.0734. The van der Waals surface area contributed by atoms with Crippen LogP contribution in [-0.4, -0.2) is 16.1 Å². The molecule has 1 N–H and O–H groups in total. The highest BCUT2D eigenvalue weighted by molar-refractivity contribution is 9.10. The minimum Gasteiger partial charge on any atom is -0.477 e. The molecule has 0 aromatic carbocycles. The van der Waals surface area contributed by atoms with Crippen molar-refractivity contribution in [2.75, 3.05) is 0 Å². The van der Waals surface area contributed by atoms with Crippen LogP contribution >= 0.6 is 15.9 Å². The van der Waals surface area contributed by atoms with Crippen molar-refractivity contribution in [1.82, 2.24) is 4.98 Å². The summed E-state index contributed by atoms with van der Waals surface area (Å²) in [5.74, 6) is -3.94. The second-order valence-corrected chi connectivity index (χ2v) is 3.26. The van der Waals surface area contributed by atoms with Gasteiger partial charge in [0.25, 0.3) is 0 Å². The Labute approximate surface area is 86.9 Å². The number of carbonyl (C=O) groups is 1. The zero-order valence-corrected chi connectivity index (χ0v) is 8.73. The van der Waals surface area contributed by atoms with E-state index in [0.29, 0.717) is 0 Å². The number of carboxylic acids is 1. The van der Waals surface area contributed by atoms with Crippen LogP contribution in [0.5, 0.6) is 0 Å². The summed E-state index contributed by atoms with van der Waals surface area (Å²) in [5, 5.41) is 8.56. The van der Waals surface area contributed by atoms with Gasteiger partial charge >= 0.3 is 5.97 Å². The molecule has 0 saturated heterocycles. The van der Waals surface area contributed by atoms with E-state index in [2.05, 4.69) is 20.9 Å². The van der Waals surface area contributed by atoms with Crippen molar-refractivity contribution in [3.05, 3.63) is 27.5 Å². The molecule has 0 saturated carbocycles. The summed E-state index contributed by atoms with van der Waals surface area (Å²) in [5.41, 5.74) is -1.04. The van der Waals surface area contributed by atoms with Crippen LogP contribution in [0.4, 0.5) is 8.78 Å². The largest absolute Gasteiger partial charge is 0.477 e. The fourth-order valence-electron chi connectivity index (χ4n) is 0.982. The number of pyridine rings is 1. The zero-order chi connectivity index (χ0) is 10.9. The van der Waals surface area contributed by atoms with Crippen molar-refractivity contribution >= 4 is 21.9 Å². The lowest BCUT2D eigenvalue weighted by molar-refractivity contribution is 0.0685. The summed E-state index contributed by atoms with van der Waals surface area (Å²) in [6, 6.07) is 0. The molecule has 0 aliphatic heterocycles. The number of halogens is 3. The normalized spacial score (nSPS) is 10.3. The molecule has 1 aromatic heterocycles. The summed E-state index contributed by atoms with van der Waals surface area (Å²) in [6.07, 6.45) is 0.199. The number of aromatic nitrogens is 1. The molecular weight excluding hydrogens is 260 g/mol. The zero-order valence-electron chi connectivity index (χ0n) is 7.14. The Balaban J connectivity index is 3.53. The van der Waals surface area contributed by atoms with Gasteiger partial charge in [0.2, 0.25) is 0 Å². The maximum absolute atomic E-state index is 13.3. The third-order valence-corrected chi connectivity index (χ3v) is 2.18. The van der Waals surface area contributed by atoms with Crippen molar-refractivity contribution in [3.63, 3.8) is 0 Å². The lowest BCUT2D eigenvalue weighted by atomic mass is 10.2. The number of aromatic carboxylic acids is 1. The first-order chi connectivity index (χ1) is 6.49. The highest BCUT2D eigenvalue weighted by Gasteiger charge is 2.23. The van der Waals surface area contributed by atoms with Gasteiger partial charge in [-0.25, -0.2) is 18.6 Å². The molecular formula is C8H6BrF2NO2. The molecule has 14 heavy (non-hydrogen) atoms. The van der Waals surface area contributed by atoms with Crippen LogP contribution in [0.25, 0.3) is 0 Å². The molecule has 0 bridgehead atoms. The maximum Gasteiger partial charge on any atom is 0.341 e. The molecule has 1 aromatic rings. The molecule has 6 heteroatoms. The summed E-state index contributed by atoms with van der Waals surface area (Å²) in [4.78, 5) is 14.1. The molecule has 3 nitrogen and oxygen atoms in total. The first-order valence-corrected chi connectivity index (χ1v) is 4.55. The van der Waals surface area contributed by atoms with Gasteiger partial charge in [0.05, 0.1) is 5.69 Å². The highest BCUT2D eigenvalue weighted by atomic mass is 79.9. The molecule has 1 heterocycles. The van der Waals surface area contributed by atoms with Gasteiger partial charge in [-0.05, 0) is 22.4 Å². The smallest absolute Gasteiger partial charge is 0.341 e. The van der Waals surface area contributed by atoms with Gasteiger partial charge in [0, 0.05) is 0 Å². The maximum atomic E-state index is 13.3.